The second-order valence-corrected chi connectivity index (χ2v) is 10.3. The number of aliphatic hydroxyl groups excluding tert-OH is 2. The highest BCUT2D eigenvalue weighted by molar-refractivity contribution is 7.52. The van der Waals surface area contributed by atoms with Crippen molar-refractivity contribution in [3.05, 3.63) is 63.5 Å². The van der Waals surface area contributed by atoms with Gasteiger partial charge in [0, 0.05) is 11.1 Å². The summed E-state index contributed by atoms with van der Waals surface area (Å²) in [4.78, 5) is 30.9. The number of hydrogen-bond acceptors (Lipinski definition) is 12. The van der Waals surface area contributed by atoms with E-state index in [0.29, 0.717) is 6.42 Å². The van der Waals surface area contributed by atoms with Gasteiger partial charge < -0.3 is 29.9 Å². The summed E-state index contributed by atoms with van der Waals surface area (Å²) < 4.78 is 36.4. The number of nitrogens with two attached hydrogens (primary N) is 1. The van der Waals surface area contributed by atoms with Crippen molar-refractivity contribution in [2.45, 2.75) is 56.9 Å². The summed E-state index contributed by atoms with van der Waals surface area (Å²) in [6, 6.07) is 7.94. The van der Waals surface area contributed by atoms with E-state index < -0.39 is 56.2 Å². The Morgan fingerprint density at radius 3 is 2.74 bits per heavy atom. The summed E-state index contributed by atoms with van der Waals surface area (Å²) in [5.74, 6) is -0.721. The van der Waals surface area contributed by atoms with Gasteiger partial charge in [-0.2, -0.15) is 10.1 Å². The Morgan fingerprint density at radius 1 is 1.38 bits per heavy atom. The molecule has 2 heterocycles. The van der Waals surface area contributed by atoms with Gasteiger partial charge in [-0.1, -0.05) is 36.7 Å². The minimum Gasteiger partial charge on any atom is -0.465 e. The van der Waals surface area contributed by atoms with Crippen LogP contribution >= 0.6 is 7.75 Å². The highest BCUT2D eigenvalue weighted by Crippen LogP contribution is 2.48. The van der Waals surface area contributed by atoms with Crippen LogP contribution < -0.4 is 21.0 Å². The summed E-state index contributed by atoms with van der Waals surface area (Å²) in [5.41, 5.74) is 11.4. The molecule has 0 radical (unpaired) electrons. The van der Waals surface area contributed by atoms with E-state index >= 15 is 0 Å². The normalized spacial score (nSPS) is 24.8. The topological polar surface area (TPSA) is 233 Å². The number of nitrogens with one attached hydrogen (secondary N) is 1. The Labute approximate surface area is 222 Å². The fourth-order valence-corrected chi connectivity index (χ4v) is 5.05. The molecule has 2 aromatic rings. The molecule has 1 saturated heterocycles. The van der Waals surface area contributed by atoms with Gasteiger partial charge in [-0.05, 0) is 37.1 Å². The fourth-order valence-electron chi connectivity index (χ4n) is 3.54. The molecule has 0 aliphatic carbocycles. The van der Waals surface area contributed by atoms with Crippen LogP contribution in [0, 0.1) is 0 Å². The van der Waals surface area contributed by atoms with Gasteiger partial charge in [0.05, 0.1) is 13.2 Å². The molecule has 1 fully saturated rings. The van der Waals surface area contributed by atoms with Crippen LogP contribution in [-0.2, 0) is 23.4 Å². The van der Waals surface area contributed by atoms with Gasteiger partial charge in [0.2, 0.25) is 5.72 Å². The van der Waals surface area contributed by atoms with Gasteiger partial charge >= 0.3 is 19.4 Å². The lowest BCUT2D eigenvalue weighted by Gasteiger charge is -2.29. The fraction of sp³-hybridized carbons (Fsp3) is 0.500. The molecule has 0 saturated carbocycles. The average molecular weight is 567 g/mol. The first-order valence-electron chi connectivity index (χ1n) is 11.9. The predicted octanol–water partition coefficient (Wildman–Crippen LogP) is 1.61. The van der Waals surface area contributed by atoms with E-state index in [1.165, 1.54) is 25.1 Å². The number of hydrogen-bond donors (Lipinski definition) is 4. The van der Waals surface area contributed by atoms with Crippen LogP contribution in [0.25, 0.3) is 10.4 Å². The molecular weight excluding hydrogens is 537 g/mol. The van der Waals surface area contributed by atoms with Gasteiger partial charge in [0.25, 0.3) is 0 Å². The van der Waals surface area contributed by atoms with Gasteiger partial charge in [-0.3, -0.25) is 13.9 Å². The quantitative estimate of drug-likeness (QED) is 0.0675. The largest absolute Gasteiger partial charge is 0.465 e. The van der Waals surface area contributed by atoms with Crippen LogP contribution in [0.3, 0.4) is 0 Å². The number of rotatable bonds is 13. The summed E-state index contributed by atoms with van der Waals surface area (Å²) >= 11 is 0. The van der Waals surface area contributed by atoms with Crippen molar-refractivity contribution in [2.24, 2.45) is 5.11 Å². The number of benzene rings is 1. The number of nitrogens with zero attached hydrogens (tertiary/aromatic N) is 5. The first kappa shape index (κ1) is 30.1. The number of unbranched alkanes of at least 4 members (excludes halogenated alkanes) is 1. The number of aromatic nitrogens is 2. The Balaban J connectivity index is 1.87. The second-order valence-electron chi connectivity index (χ2n) is 8.57. The van der Waals surface area contributed by atoms with E-state index in [1.807, 2.05) is 6.92 Å². The van der Waals surface area contributed by atoms with Gasteiger partial charge in [-0.25, -0.2) is 9.36 Å². The zero-order valence-corrected chi connectivity index (χ0v) is 22.1. The van der Waals surface area contributed by atoms with Crippen LogP contribution in [-0.4, -0.2) is 62.9 Å². The molecule has 39 heavy (non-hydrogen) atoms. The molecule has 3 rings (SSSR count). The van der Waals surface area contributed by atoms with E-state index in [2.05, 4.69) is 20.1 Å². The minimum absolute atomic E-state index is 0.0960. The zero-order valence-electron chi connectivity index (χ0n) is 21.2. The van der Waals surface area contributed by atoms with Crippen LogP contribution in [0.5, 0.6) is 5.75 Å². The summed E-state index contributed by atoms with van der Waals surface area (Å²) in [5, 5.41) is 27.3. The third kappa shape index (κ3) is 7.34. The summed E-state index contributed by atoms with van der Waals surface area (Å²) in [7, 11) is -4.47. The molecule has 16 nitrogen and oxygen atoms in total. The maximum atomic E-state index is 13.8. The summed E-state index contributed by atoms with van der Waals surface area (Å²) in [6.45, 7) is 2.53. The molecule has 0 amide bonds. The van der Waals surface area contributed by atoms with Crippen molar-refractivity contribution in [3.63, 3.8) is 0 Å². The molecule has 17 heteroatoms. The van der Waals surface area contributed by atoms with Crippen molar-refractivity contribution in [3.8, 4) is 5.75 Å². The first-order chi connectivity index (χ1) is 18.5. The Hall–Kier alpha value is -3.49. The lowest BCUT2D eigenvalue weighted by Crippen LogP contribution is -2.45. The monoisotopic (exact) mass is 567 g/mol. The molecular formula is C22H30N7O9P. The van der Waals surface area contributed by atoms with Gasteiger partial charge in [0.15, 0.2) is 6.23 Å². The summed E-state index contributed by atoms with van der Waals surface area (Å²) in [6.07, 6.45) is -2.75. The maximum Gasteiger partial charge on any atom is 0.459 e. The number of azide groups is 1. The lowest BCUT2D eigenvalue weighted by atomic mass is 10.1. The number of nitrogen functional groups attached to an aromatic ring is 1. The smallest absolute Gasteiger partial charge is 0.459 e. The molecule has 0 spiro atoms. The second kappa shape index (κ2) is 13.0. The number of carbonyl (C=O) groups excluding carboxylic acids is 1. The number of aliphatic hydroxyl groups is 2. The number of carbonyl (C=O) groups is 1. The highest BCUT2D eigenvalue weighted by atomic mass is 31.2. The third-order valence-corrected chi connectivity index (χ3v) is 7.22. The van der Waals surface area contributed by atoms with Gasteiger partial charge in [-0.15, -0.1) is 0 Å². The Bertz CT molecular complexity index is 1290. The molecule has 1 unspecified atom stereocenters. The molecule has 5 N–H and O–H groups in total. The van der Waals surface area contributed by atoms with Crippen molar-refractivity contribution in [2.75, 3.05) is 18.9 Å². The van der Waals surface area contributed by atoms with Crippen molar-refractivity contribution < 1.29 is 38.1 Å². The molecule has 1 aliphatic heterocycles. The molecule has 212 valence electrons. The van der Waals surface area contributed by atoms with E-state index in [0.717, 1.165) is 17.2 Å². The maximum absolute atomic E-state index is 13.8. The van der Waals surface area contributed by atoms with E-state index in [1.54, 1.807) is 18.2 Å². The van der Waals surface area contributed by atoms with Crippen LogP contribution in [0.4, 0.5) is 5.82 Å². The van der Waals surface area contributed by atoms with E-state index in [-0.39, 0.29) is 18.2 Å². The lowest BCUT2D eigenvalue weighted by molar-refractivity contribution is -0.145. The average Bonchev–Trinajstić information content (AvgIpc) is 3.14. The molecule has 1 aromatic carbocycles. The number of anilines is 1. The molecule has 0 bridgehead atoms. The Kier molecular flexibility index (Phi) is 10.1. The molecule has 6 atom stereocenters. The molecule has 1 aliphatic rings. The number of para-hydroxylation sites is 1. The molecule has 1 aromatic heterocycles. The predicted molar refractivity (Wildman–Crippen MR) is 136 cm³/mol. The highest BCUT2D eigenvalue weighted by Gasteiger charge is 2.56. The minimum atomic E-state index is -4.47. The van der Waals surface area contributed by atoms with Gasteiger partial charge in [0.1, 0.15) is 29.8 Å². The third-order valence-electron chi connectivity index (χ3n) is 5.60. The number of esters is 1. The van der Waals surface area contributed by atoms with E-state index in [4.69, 9.17) is 24.3 Å². The Morgan fingerprint density at radius 2 is 2.10 bits per heavy atom. The van der Waals surface area contributed by atoms with Crippen molar-refractivity contribution >= 4 is 19.5 Å². The van der Waals surface area contributed by atoms with E-state index in [9.17, 15) is 29.9 Å². The van der Waals surface area contributed by atoms with Crippen LogP contribution in [0.15, 0.2) is 52.5 Å². The zero-order chi connectivity index (χ0) is 28.6. The van der Waals surface area contributed by atoms with Crippen molar-refractivity contribution in [1.82, 2.24) is 14.6 Å². The number of ether oxygens (including phenoxy) is 2. The SMILES string of the molecule is CCCCOC(=O)[C@H](C)NP(=O)(OC[C@@]1(N=[N+]=[N-])O[C@@H](n2ccc(N)nc2=O)[C@H](O)[C@@H]1O)Oc1ccccc1. The first-order valence-corrected chi connectivity index (χ1v) is 13.5. The van der Waals surface area contributed by atoms with Crippen LogP contribution in [0.1, 0.15) is 32.9 Å². The van der Waals surface area contributed by atoms with Crippen molar-refractivity contribution in [1.29, 1.82) is 0 Å². The van der Waals surface area contributed by atoms with Crippen LogP contribution in [0.2, 0.25) is 0 Å². The standard InChI is InChI=1S/C22H30N7O9P/c1-3-4-12-35-20(32)14(2)26-39(34,38-15-8-6-5-7-9-15)36-13-22(27-28-24)18(31)17(30)19(37-22)29-11-10-16(23)25-21(29)33/h5-11,14,17-19,30-31H,3-4,12-13H2,1-2H3,(H,26,34)(H2,23,25,33)/t14-,17+,18-,19+,22+,39?/m0/s1.